The summed E-state index contributed by atoms with van der Waals surface area (Å²) in [5.74, 6) is -0.777. The van der Waals surface area contributed by atoms with Gasteiger partial charge in [-0.1, -0.05) is 26.2 Å². The van der Waals surface area contributed by atoms with Crippen LogP contribution >= 0.6 is 0 Å². The van der Waals surface area contributed by atoms with Gasteiger partial charge in [0.05, 0.1) is 17.1 Å². The Labute approximate surface area is 161 Å². The predicted octanol–water partition coefficient (Wildman–Crippen LogP) is 2.63. The number of carboxylic acids is 1. The molecule has 0 aromatic heterocycles. The maximum absolute atomic E-state index is 12.9. The molecule has 0 bridgehead atoms. The van der Waals surface area contributed by atoms with Crippen molar-refractivity contribution >= 4 is 16.0 Å². The zero-order valence-electron chi connectivity index (χ0n) is 15.9. The lowest BCUT2D eigenvalue weighted by molar-refractivity contribution is -0.153. The van der Waals surface area contributed by atoms with Crippen LogP contribution in [0.5, 0.6) is 5.75 Å². The molecule has 152 valence electrons. The van der Waals surface area contributed by atoms with E-state index in [1.165, 1.54) is 19.1 Å². The summed E-state index contributed by atoms with van der Waals surface area (Å²) < 4.78 is 32.4. The van der Waals surface area contributed by atoms with Gasteiger partial charge in [-0.3, -0.25) is 4.79 Å². The van der Waals surface area contributed by atoms with E-state index >= 15 is 0 Å². The van der Waals surface area contributed by atoms with Crippen LogP contribution in [-0.4, -0.2) is 53.7 Å². The highest BCUT2D eigenvalue weighted by Gasteiger charge is 2.49. The molecular weight excluding hydrogens is 370 g/mol. The van der Waals surface area contributed by atoms with Crippen molar-refractivity contribution in [1.82, 2.24) is 4.31 Å². The van der Waals surface area contributed by atoms with E-state index in [-0.39, 0.29) is 17.9 Å². The molecule has 0 radical (unpaired) electrons. The van der Waals surface area contributed by atoms with Crippen molar-refractivity contribution in [3.05, 3.63) is 24.3 Å². The van der Waals surface area contributed by atoms with Gasteiger partial charge in [0.2, 0.25) is 10.0 Å². The second kappa shape index (κ2) is 9.03. The Morgan fingerprint density at radius 2 is 1.93 bits per heavy atom. The second-order valence-corrected chi connectivity index (χ2v) is 9.09. The van der Waals surface area contributed by atoms with Crippen molar-refractivity contribution in [3.63, 3.8) is 0 Å². The van der Waals surface area contributed by atoms with Crippen LogP contribution in [0.1, 0.15) is 52.4 Å². The lowest BCUT2D eigenvalue weighted by atomic mass is 9.88. The molecule has 2 atom stereocenters. The van der Waals surface area contributed by atoms with E-state index in [4.69, 9.17) is 4.74 Å². The third-order valence-electron chi connectivity index (χ3n) is 4.87. The molecule has 7 nitrogen and oxygen atoms in total. The first-order valence-corrected chi connectivity index (χ1v) is 10.8. The standard InChI is InChI=1S/C19H29NO6S/c1-3-4-5-6-14-26-15-8-10-16(11-9-15)27(24,25)20-13-7-12-19(2,23)17(20)18(21)22/h8-11,17,23H,3-7,12-14H2,1-2H3,(H,21,22). The zero-order valence-corrected chi connectivity index (χ0v) is 16.7. The van der Waals surface area contributed by atoms with Gasteiger partial charge in [-0.05, 0) is 50.5 Å². The average molecular weight is 400 g/mol. The smallest absolute Gasteiger partial charge is 0.325 e. The van der Waals surface area contributed by atoms with Crippen molar-refractivity contribution in [3.8, 4) is 5.75 Å². The molecule has 0 aliphatic carbocycles. The van der Waals surface area contributed by atoms with Gasteiger partial charge in [0.1, 0.15) is 5.75 Å². The van der Waals surface area contributed by atoms with E-state index in [2.05, 4.69) is 6.92 Å². The number of carboxylic acid groups (broad SMARTS) is 1. The third-order valence-corrected chi connectivity index (χ3v) is 6.75. The number of ether oxygens (including phenoxy) is 1. The molecule has 1 aromatic rings. The first kappa shape index (κ1) is 21.7. The van der Waals surface area contributed by atoms with Crippen LogP contribution < -0.4 is 4.74 Å². The molecule has 2 rings (SSSR count). The Morgan fingerprint density at radius 1 is 1.26 bits per heavy atom. The van der Waals surface area contributed by atoms with E-state index in [9.17, 15) is 23.4 Å². The highest BCUT2D eigenvalue weighted by Crippen LogP contribution is 2.32. The number of unbranched alkanes of at least 4 members (excludes halogenated alkanes) is 3. The molecular formula is C19H29NO6S. The predicted molar refractivity (Wildman–Crippen MR) is 101 cm³/mol. The van der Waals surface area contributed by atoms with Gasteiger partial charge in [0, 0.05) is 6.54 Å². The number of piperidine rings is 1. The summed E-state index contributed by atoms with van der Waals surface area (Å²) in [6, 6.07) is 4.47. The van der Waals surface area contributed by atoms with E-state index in [1.807, 2.05) is 0 Å². The summed E-state index contributed by atoms with van der Waals surface area (Å²) in [6.07, 6.45) is 4.97. The molecule has 2 unspecified atom stereocenters. The highest BCUT2D eigenvalue weighted by molar-refractivity contribution is 7.89. The summed E-state index contributed by atoms with van der Waals surface area (Å²) in [6.45, 7) is 4.13. The first-order chi connectivity index (χ1) is 12.7. The van der Waals surface area contributed by atoms with Gasteiger partial charge in [0.25, 0.3) is 0 Å². The van der Waals surface area contributed by atoms with E-state index in [1.54, 1.807) is 12.1 Å². The normalized spacial score (nSPS) is 23.9. The maximum Gasteiger partial charge on any atom is 0.325 e. The fourth-order valence-corrected chi connectivity index (χ4v) is 5.09. The lowest BCUT2D eigenvalue weighted by Gasteiger charge is -2.41. The first-order valence-electron chi connectivity index (χ1n) is 9.40. The Morgan fingerprint density at radius 3 is 2.52 bits per heavy atom. The van der Waals surface area contributed by atoms with E-state index in [0.29, 0.717) is 18.8 Å². The number of nitrogens with zero attached hydrogens (tertiary/aromatic N) is 1. The molecule has 8 heteroatoms. The molecule has 1 heterocycles. The highest BCUT2D eigenvalue weighted by atomic mass is 32.2. The average Bonchev–Trinajstić information content (AvgIpc) is 2.60. The number of sulfonamides is 1. The fourth-order valence-electron chi connectivity index (χ4n) is 3.38. The molecule has 27 heavy (non-hydrogen) atoms. The zero-order chi connectivity index (χ0) is 20.1. The lowest BCUT2D eigenvalue weighted by Crippen LogP contribution is -2.60. The molecule has 2 N–H and O–H groups in total. The van der Waals surface area contributed by atoms with Crippen LogP contribution in [0.4, 0.5) is 0 Å². The third kappa shape index (κ3) is 5.21. The minimum atomic E-state index is -4.04. The van der Waals surface area contributed by atoms with Gasteiger partial charge in [-0.25, -0.2) is 8.42 Å². The minimum Gasteiger partial charge on any atom is -0.494 e. The topological polar surface area (TPSA) is 104 Å². The molecule has 1 aliphatic heterocycles. The van der Waals surface area contributed by atoms with E-state index < -0.39 is 27.6 Å². The number of carbonyl (C=O) groups is 1. The number of hydrogen-bond donors (Lipinski definition) is 2. The summed E-state index contributed by atoms with van der Waals surface area (Å²) in [5, 5.41) is 19.9. The van der Waals surface area contributed by atoms with Gasteiger partial charge in [-0.15, -0.1) is 0 Å². The Balaban J connectivity index is 2.12. The number of hydrogen-bond acceptors (Lipinski definition) is 5. The van der Waals surface area contributed by atoms with Gasteiger partial charge in [0.15, 0.2) is 6.04 Å². The van der Waals surface area contributed by atoms with Crippen LogP contribution in [0.2, 0.25) is 0 Å². The summed E-state index contributed by atoms with van der Waals surface area (Å²) in [7, 11) is -4.04. The largest absolute Gasteiger partial charge is 0.494 e. The Kier molecular flexibility index (Phi) is 7.25. The van der Waals surface area contributed by atoms with Gasteiger partial charge < -0.3 is 14.9 Å². The summed E-state index contributed by atoms with van der Waals surface area (Å²) in [5.41, 5.74) is -1.61. The summed E-state index contributed by atoms with van der Waals surface area (Å²) >= 11 is 0. The molecule has 0 amide bonds. The Hall–Kier alpha value is -1.64. The minimum absolute atomic E-state index is 0.00946. The van der Waals surface area contributed by atoms with Gasteiger partial charge >= 0.3 is 5.97 Å². The molecule has 1 aromatic carbocycles. The van der Waals surface area contributed by atoms with Crippen molar-refractivity contribution in [2.24, 2.45) is 0 Å². The van der Waals surface area contributed by atoms with Crippen molar-refractivity contribution in [2.75, 3.05) is 13.2 Å². The monoisotopic (exact) mass is 399 g/mol. The molecule has 1 saturated heterocycles. The van der Waals surface area contributed by atoms with Crippen molar-refractivity contribution < 1.29 is 28.2 Å². The van der Waals surface area contributed by atoms with Crippen LogP contribution in [0, 0.1) is 0 Å². The van der Waals surface area contributed by atoms with Crippen LogP contribution in [0.3, 0.4) is 0 Å². The molecule has 0 saturated carbocycles. The fraction of sp³-hybridized carbons (Fsp3) is 0.632. The number of aliphatic hydroxyl groups is 1. The van der Waals surface area contributed by atoms with Crippen LogP contribution in [0.15, 0.2) is 29.2 Å². The molecule has 1 fully saturated rings. The van der Waals surface area contributed by atoms with Crippen molar-refractivity contribution in [1.29, 1.82) is 0 Å². The summed E-state index contributed by atoms with van der Waals surface area (Å²) in [4.78, 5) is 11.6. The maximum atomic E-state index is 12.9. The quantitative estimate of drug-likeness (QED) is 0.619. The Bertz CT molecular complexity index is 729. The second-order valence-electron chi connectivity index (χ2n) is 7.20. The number of benzene rings is 1. The molecule has 1 aliphatic rings. The number of aliphatic carboxylic acids is 1. The van der Waals surface area contributed by atoms with E-state index in [0.717, 1.165) is 30.0 Å². The number of rotatable bonds is 9. The molecule has 0 spiro atoms. The van der Waals surface area contributed by atoms with Crippen LogP contribution in [-0.2, 0) is 14.8 Å². The SMILES string of the molecule is CCCCCCOc1ccc(S(=O)(=O)N2CCCC(C)(O)C2C(=O)O)cc1. The van der Waals surface area contributed by atoms with Crippen molar-refractivity contribution in [2.45, 2.75) is 68.9 Å². The van der Waals surface area contributed by atoms with Crippen LogP contribution in [0.25, 0.3) is 0 Å². The van der Waals surface area contributed by atoms with Gasteiger partial charge in [-0.2, -0.15) is 4.31 Å².